The first-order valence-electron chi connectivity index (χ1n) is 8.76. The van der Waals surface area contributed by atoms with E-state index in [2.05, 4.69) is 33.4 Å². The first-order chi connectivity index (χ1) is 12.4. The molecule has 6 nitrogen and oxygen atoms in total. The van der Waals surface area contributed by atoms with Crippen molar-refractivity contribution in [1.29, 1.82) is 0 Å². The van der Waals surface area contributed by atoms with Crippen LogP contribution < -0.4 is 19.7 Å². The molecule has 1 fully saturated rings. The molecule has 4 rings (SSSR count). The fourth-order valence-corrected chi connectivity index (χ4v) is 3.12. The molecule has 1 saturated heterocycles. The summed E-state index contributed by atoms with van der Waals surface area (Å²) in [5.74, 6) is 2.72. The maximum Gasteiger partial charge on any atom is 0.165 e. The highest BCUT2D eigenvalue weighted by Gasteiger charge is 2.15. The van der Waals surface area contributed by atoms with E-state index in [1.807, 2.05) is 18.3 Å². The third-order valence-electron chi connectivity index (χ3n) is 4.44. The highest BCUT2D eigenvalue weighted by atomic mass is 35.5. The number of ether oxygens (including phenoxy) is 3. The zero-order chi connectivity index (χ0) is 16.9. The Kier molecular flexibility index (Phi) is 6.55. The molecular weight excluding hydrogens is 354 g/mol. The molecule has 0 unspecified atom stereocenters. The Morgan fingerprint density at radius 2 is 1.81 bits per heavy atom. The van der Waals surface area contributed by atoms with Crippen molar-refractivity contribution in [2.75, 3.05) is 44.4 Å². The fraction of sp³-hybridized carbons (Fsp3) is 0.421. The van der Waals surface area contributed by atoms with Gasteiger partial charge in [-0.25, -0.2) is 4.98 Å². The van der Waals surface area contributed by atoms with Crippen molar-refractivity contribution in [2.24, 2.45) is 0 Å². The Morgan fingerprint density at radius 3 is 2.62 bits per heavy atom. The predicted octanol–water partition coefficient (Wildman–Crippen LogP) is 2.40. The van der Waals surface area contributed by atoms with Crippen molar-refractivity contribution in [3.63, 3.8) is 0 Å². The maximum atomic E-state index is 5.75. The fourth-order valence-electron chi connectivity index (χ4n) is 3.12. The van der Waals surface area contributed by atoms with Crippen LogP contribution in [0.1, 0.15) is 11.1 Å². The number of benzene rings is 1. The molecule has 0 aliphatic carbocycles. The SMILES string of the molecule is Cl.c1cc(CNCc2ccc(N3CCOCC3)nc2)c2c(c1)OCCO2. The summed E-state index contributed by atoms with van der Waals surface area (Å²) in [6, 6.07) is 10.2. The molecule has 2 aliphatic heterocycles. The minimum Gasteiger partial charge on any atom is -0.486 e. The highest BCUT2D eigenvalue weighted by molar-refractivity contribution is 5.85. The van der Waals surface area contributed by atoms with E-state index in [1.54, 1.807) is 0 Å². The van der Waals surface area contributed by atoms with Crippen LogP contribution in [0.5, 0.6) is 11.5 Å². The van der Waals surface area contributed by atoms with Gasteiger partial charge >= 0.3 is 0 Å². The summed E-state index contributed by atoms with van der Waals surface area (Å²) in [5, 5.41) is 3.46. The number of halogens is 1. The van der Waals surface area contributed by atoms with Gasteiger partial charge in [0.2, 0.25) is 0 Å². The molecule has 1 aromatic carbocycles. The van der Waals surface area contributed by atoms with Gasteiger partial charge < -0.3 is 24.4 Å². The minimum atomic E-state index is 0. The second-order valence-electron chi connectivity index (χ2n) is 6.17. The summed E-state index contributed by atoms with van der Waals surface area (Å²) in [5.41, 5.74) is 2.29. The Bertz CT molecular complexity index is 706. The molecule has 1 aromatic heterocycles. The lowest BCUT2D eigenvalue weighted by Gasteiger charge is -2.27. The van der Waals surface area contributed by atoms with Crippen LogP contribution in [0.15, 0.2) is 36.5 Å². The molecule has 0 radical (unpaired) electrons. The van der Waals surface area contributed by atoms with E-state index in [1.165, 1.54) is 5.56 Å². The minimum absolute atomic E-state index is 0. The lowest BCUT2D eigenvalue weighted by molar-refractivity contribution is 0.122. The third kappa shape index (κ3) is 4.38. The van der Waals surface area contributed by atoms with Crippen LogP contribution >= 0.6 is 12.4 Å². The number of hydrogen-bond acceptors (Lipinski definition) is 6. The zero-order valence-corrected chi connectivity index (χ0v) is 15.5. The number of pyridine rings is 1. The Labute approximate surface area is 159 Å². The normalized spacial score (nSPS) is 16.1. The summed E-state index contributed by atoms with van der Waals surface area (Å²) in [7, 11) is 0. The van der Waals surface area contributed by atoms with Gasteiger partial charge in [0, 0.05) is 37.9 Å². The van der Waals surface area contributed by atoms with Crippen molar-refractivity contribution < 1.29 is 14.2 Å². The van der Waals surface area contributed by atoms with Crippen LogP contribution in [0.2, 0.25) is 0 Å². The monoisotopic (exact) mass is 377 g/mol. The number of para-hydroxylation sites is 1. The van der Waals surface area contributed by atoms with Gasteiger partial charge in [-0.05, 0) is 17.7 Å². The second-order valence-corrected chi connectivity index (χ2v) is 6.17. The first-order valence-corrected chi connectivity index (χ1v) is 8.76. The first kappa shape index (κ1) is 18.8. The van der Waals surface area contributed by atoms with Gasteiger partial charge in [0.1, 0.15) is 19.0 Å². The van der Waals surface area contributed by atoms with E-state index in [-0.39, 0.29) is 12.4 Å². The number of rotatable bonds is 5. The molecule has 26 heavy (non-hydrogen) atoms. The second kappa shape index (κ2) is 9.07. The number of anilines is 1. The smallest absolute Gasteiger partial charge is 0.165 e. The standard InChI is InChI=1S/C19H23N3O3.ClH/c1-2-16(19-17(3-1)24-10-11-25-19)14-20-12-15-4-5-18(21-13-15)22-6-8-23-9-7-22;/h1-5,13,20H,6-12,14H2;1H. The molecule has 0 amide bonds. The number of aromatic nitrogens is 1. The number of fused-ring (bicyclic) bond motifs is 1. The Balaban J connectivity index is 0.00000196. The Morgan fingerprint density at radius 1 is 0.962 bits per heavy atom. The van der Waals surface area contributed by atoms with Crippen LogP contribution in [0.25, 0.3) is 0 Å². The third-order valence-corrected chi connectivity index (χ3v) is 4.44. The van der Waals surface area contributed by atoms with Gasteiger partial charge in [-0.2, -0.15) is 0 Å². The van der Waals surface area contributed by atoms with Gasteiger partial charge in [-0.3, -0.25) is 0 Å². The zero-order valence-electron chi connectivity index (χ0n) is 14.6. The molecule has 0 atom stereocenters. The summed E-state index contributed by atoms with van der Waals surface area (Å²) in [6.07, 6.45) is 1.94. The summed E-state index contributed by atoms with van der Waals surface area (Å²) >= 11 is 0. The van der Waals surface area contributed by atoms with Gasteiger partial charge in [0.05, 0.1) is 13.2 Å². The van der Waals surface area contributed by atoms with E-state index in [9.17, 15) is 0 Å². The van der Waals surface area contributed by atoms with Crippen molar-refractivity contribution >= 4 is 18.2 Å². The van der Waals surface area contributed by atoms with Crippen LogP contribution in [0.4, 0.5) is 5.82 Å². The van der Waals surface area contributed by atoms with E-state index >= 15 is 0 Å². The number of nitrogens with one attached hydrogen (secondary N) is 1. The summed E-state index contributed by atoms with van der Waals surface area (Å²) < 4.78 is 16.8. The molecule has 140 valence electrons. The lowest BCUT2D eigenvalue weighted by Crippen LogP contribution is -2.36. The maximum absolute atomic E-state index is 5.75. The van der Waals surface area contributed by atoms with Gasteiger partial charge in [0.25, 0.3) is 0 Å². The molecule has 0 bridgehead atoms. The van der Waals surface area contributed by atoms with Crippen LogP contribution in [-0.2, 0) is 17.8 Å². The van der Waals surface area contributed by atoms with Crippen LogP contribution in [0.3, 0.4) is 0 Å². The molecule has 3 heterocycles. The largest absolute Gasteiger partial charge is 0.486 e. The summed E-state index contributed by atoms with van der Waals surface area (Å²) in [4.78, 5) is 6.84. The number of nitrogens with zero attached hydrogens (tertiary/aromatic N) is 2. The van der Waals surface area contributed by atoms with Crippen LogP contribution in [-0.4, -0.2) is 44.5 Å². The molecular formula is C19H24ClN3O3. The predicted molar refractivity (Wildman–Crippen MR) is 102 cm³/mol. The molecule has 7 heteroatoms. The topological polar surface area (TPSA) is 55.9 Å². The van der Waals surface area contributed by atoms with Crippen molar-refractivity contribution in [3.05, 3.63) is 47.7 Å². The van der Waals surface area contributed by atoms with E-state index in [0.717, 1.165) is 62.3 Å². The average Bonchev–Trinajstić information content (AvgIpc) is 2.69. The van der Waals surface area contributed by atoms with E-state index in [4.69, 9.17) is 14.2 Å². The Hall–Kier alpha value is -2.02. The van der Waals surface area contributed by atoms with Gasteiger partial charge in [-0.15, -0.1) is 12.4 Å². The number of morpholine rings is 1. The molecule has 2 aromatic rings. The quantitative estimate of drug-likeness (QED) is 0.863. The van der Waals surface area contributed by atoms with Crippen molar-refractivity contribution in [2.45, 2.75) is 13.1 Å². The molecule has 0 spiro atoms. The highest BCUT2D eigenvalue weighted by Crippen LogP contribution is 2.33. The molecule has 1 N–H and O–H groups in total. The van der Waals surface area contributed by atoms with Gasteiger partial charge in [-0.1, -0.05) is 18.2 Å². The van der Waals surface area contributed by atoms with Crippen molar-refractivity contribution in [1.82, 2.24) is 10.3 Å². The van der Waals surface area contributed by atoms with E-state index in [0.29, 0.717) is 13.2 Å². The van der Waals surface area contributed by atoms with Gasteiger partial charge in [0.15, 0.2) is 11.5 Å². The number of hydrogen-bond donors (Lipinski definition) is 1. The molecule has 0 saturated carbocycles. The summed E-state index contributed by atoms with van der Waals surface area (Å²) in [6.45, 7) is 6.09. The van der Waals surface area contributed by atoms with E-state index < -0.39 is 0 Å². The lowest BCUT2D eigenvalue weighted by atomic mass is 10.1. The van der Waals surface area contributed by atoms with Crippen LogP contribution in [0, 0.1) is 0 Å². The average molecular weight is 378 g/mol. The molecule has 2 aliphatic rings. The van der Waals surface area contributed by atoms with Crippen molar-refractivity contribution in [3.8, 4) is 11.5 Å².